The highest BCUT2D eigenvalue weighted by atomic mass is 16.5. The minimum Gasteiger partial charge on any atom is -0.463 e. The number of anilines is 1. The SMILES string of the molecule is CCOC(=O)c1cnn(CCOC(=O)C2CCCCC2)c1NC(=O)C1CCCCC1. The summed E-state index contributed by atoms with van der Waals surface area (Å²) in [6.45, 7) is 2.37. The normalized spacial score (nSPS) is 18.0. The van der Waals surface area contributed by atoms with Crippen LogP contribution in [0.3, 0.4) is 0 Å². The summed E-state index contributed by atoms with van der Waals surface area (Å²) in [5, 5.41) is 7.13. The number of nitrogens with one attached hydrogen (secondary N) is 1. The van der Waals surface area contributed by atoms with Crippen molar-refractivity contribution < 1.29 is 23.9 Å². The molecule has 2 fully saturated rings. The minimum atomic E-state index is -0.526. The number of esters is 2. The largest absolute Gasteiger partial charge is 0.463 e. The maximum atomic E-state index is 12.7. The van der Waals surface area contributed by atoms with Crippen LogP contribution in [0.2, 0.25) is 0 Å². The molecule has 0 atom stereocenters. The van der Waals surface area contributed by atoms with Crippen LogP contribution in [0.15, 0.2) is 6.20 Å². The van der Waals surface area contributed by atoms with E-state index in [-0.39, 0.29) is 49.0 Å². The van der Waals surface area contributed by atoms with Crippen LogP contribution < -0.4 is 5.32 Å². The first-order valence-electron chi connectivity index (χ1n) is 11.3. The van der Waals surface area contributed by atoms with E-state index in [1.807, 2.05) is 0 Å². The summed E-state index contributed by atoms with van der Waals surface area (Å²) >= 11 is 0. The Bertz CT molecular complexity index is 733. The molecule has 0 aromatic carbocycles. The zero-order chi connectivity index (χ0) is 21.3. The molecule has 2 aliphatic rings. The highest BCUT2D eigenvalue weighted by molar-refractivity contribution is 6.00. The van der Waals surface area contributed by atoms with E-state index in [0.29, 0.717) is 5.82 Å². The first-order valence-corrected chi connectivity index (χ1v) is 11.3. The summed E-state index contributed by atoms with van der Waals surface area (Å²) in [6, 6.07) is 0. The van der Waals surface area contributed by atoms with E-state index in [9.17, 15) is 14.4 Å². The predicted molar refractivity (Wildman–Crippen MR) is 111 cm³/mol. The maximum Gasteiger partial charge on any atom is 0.343 e. The molecule has 1 amide bonds. The van der Waals surface area contributed by atoms with Gasteiger partial charge in [-0.05, 0) is 32.6 Å². The molecule has 1 heterocycles. The number of carbonyl (C=O) groups excluding carboxylic acids is 3. The first kappa shape index (κ1) is 22.3. The molecule has 1 aromatic heterocycles. The van der Waals surface area contributed by atoms with Crippen LogP contribution in [0.25, 0.3) is 0 Å². The Labute approximate surface area is 177 Å². The van der Waals surface area contributed by atoms with E-state index in [1.165, 1.54) is 17.3 Å². The van der Waals surface area contributed by atoms with Gasteiger partial charge in [-0.25, -0.2) is 9.48 Å². The second-order valence-corrected chi connectivity index (χ2v) is 8.18. The summed E-state index contributed by atoms with van der Waals surface area (Å²) in [4.78, 5) is 37.3. The zero-order valence-corrected chi connectivity index (χ0v) is 17.9. The molecule has 0 radical (unpaired) electrons. The molecule has 0 aliphatic heterocycles. The molecule has 0 saturated heterocycles. The summed E-state index contributed by atoms with van der Waals surface area (Å²) in [6.07, 6.45) is 11.4. The Morgan fingerprint density at radius 2 is 1.63 bits per heavy atom. The molecular weight excluding hydrogens is 386 g/mol. The Balaban J connectivity index is 1.64. The van der Waals surface area contributed by atoms with Gasteiger partial charge in [-0.15, -0.1) is 0 Å². The molecule has 2 saturated carbocycles. The van der Waals surface area contributed by atoms with E-state index in [2.05, 4.69) is 10.4 Å². The number of amides is 1. The molecule has 1 aromatic rings. The highest BCUT2D eigenvalue weighted by Crippen LogP contribution is 2.27. The van der Waals surface area contributed by atoms with Gasteiger partial charge in [-0.3, -0.25) is 9.59 Å². The lowest BCUT2D eigenvalue weighted by molar-refractivity contribution is -0.150. The lowest BCUT2D eigenvalue weighted by Gasteiger charge is -2.21. The fourth-order valence-corrected chi connectivity index (χ4v) is 4.32. The van der Waals surface area contributed by atoms with Gasteiger partial charge in [0.1, 0.15) is 18.0 Å². The Morgan fingerprint density at radius 3 is 2.27 bits per heavy atom. The van der Waals surface area contributed by atoms with Crippen molar-refractivity contribution in [2.45, 2.75) is 77.7 Å². The van der Waals surface area contributed by atoms with E-state index in [0.717, 1.165) is 57.8 Å². The minimum absolute atomic E-state index is 0.0167. The number of nitrogens with zero attached hydrogens (tertiary/aromatic N) is 2. The molecule has 8 nitrogen and oxygen atoms in total. The van der Waals surface area contributed by atoms with Crippen LogP contribution in [-0.4, -0.2) is 40.8 Å². The molecule has 3 rings (SSSR count). The molecule has 2 aliphatic carbocycles. The van der Waals surface area contributed by atoms with Gasteiger partial charge >= 0.3 is 11.9 Å². The topological polar surface area (TPSA) is 99.5 Å². The van der Waals surface area contributed by atoms with Gasteiger partial charge in [0.15, 0.2) is 0 Å². The van der Waals surface area contributed by atoms with E-state index >= 15 is 0 Å². The number of ether oxygens (including phenoxy) is 2. The average Bonchev–Trinajstić information content (AvgIpc) is 3.17. The number of carbonyl (C=O) groups is 3. The maximum absolute atomic E-state index is 12.7. The van der Waals surface area contributed by atoms with E-state index < -0.39 is 5.97 Å². The number of rotatable bonds is 8. The summed E-state index contributed by atoms with van der Waals surface area (Å²) < 4.78 is 12.1. The lowest BCUT2D eigenvalue weighted by Crippen LogP contribution is -2.28. The second-order valence-electron chi connectivity index (χ2n) is 8.18. The second kappa shape index (κ2) is 11.1. The van der Waals surface area contributed by atoms with Crippen molar-refractivity contribution in [2.75, 3.05) is 18.5 Å². The standard InChI is InChI=1S/C22H33N3O5/c1-2-29-22(28)18-15-23-25(13-14-30-21(27)17-11-7-4-8-12-17)19(18)24-20(26)16-9-5-3-6-10-16/h15-17H,2-14H2,1H3,(H,24,26). The quantitative estimate of drug-likeness (QED) is 0.645. The van der Waals surface area contributed by atoms with Crippen molar-refractivity contribution in [1.82, 2.24) is 9.78 Å². The van der Waals surface area contributed by atoms with Gasteiger partial charge in [0.25, 0.3) is 0 Å². The van der Waals surface area contributed by atoms with Gasteiger partial charge in [0, 0.05) is 5.92 Å². The molecule has 8 heteroatoms. The zero-order valence-electron chi connectivity index (χ0n) is 17.9. The number of hydrogen-bond donors (Lipinski definition) is 1. The van der Waals surface area contributed by atoms with E-state index in [4.69, 9.17) is 9.47 Å². The third-order valence-electron chi connectivity index (χ3n) is 6.04. The van der Waals surface area contributed by atoms with Crippen LogP contribution in [-0.2, 0) is 25.6 Å². The van der Waals surface area contributed by atoms with Crippen LogP contribution in [0.4, 0.5) is 5.82 Å². The van der Waals surface area contributed by atoms with Crippen molar-refractivity contribution in [3.63, 3.8) is 0 Å². The van der Waals surface area contributed by atoms with Crippen molar-refractivity contribution in [3.8, 4) is 0 Å². The molecule has 0 spiro atoms. The van der Waals surface area contributed by atoms with Gasteiger partial charge < -0.3 is 14.8 Å². The monoisotopic (exact) mass is 419 g/mol. The number of hydrogen-bond acceptors (Lipinski definition) is 6. The molecule has 30 heavy (non-hydrogen) atoms. The van der Waals surface area contributed by atoms with Crippen LogP contribution in [0, 0.1) is 11.8 Å². The van der Waals surface area contributed by atoms with Crippen molar-refractivity contribution in [2.24, 2.45) is 11.8 Å². The fraction of sp³-hybridized carbons (Fsp3) is 0.727. The van der Waals surface area contributed by atoms with Gasteiger partial charge in [0.05, 0.1) is 25.3 Å². The van der Waals surface area contributed by atoms with Gasteiger partial charge in [0.2, 0.25) is 5.91 Å². The number of aromatic nitrogens is 2. The van der Waals surface area contributed by atoms with Crippen LogP contribution in [0.1, 0.15) is 81.5 Å². The molecule has 0 unspecified atom stereocenters. The van der Waals surface area contributed by atoms with Gasteiger partial charge in [-0.2, -0.15) is 5.10 Å². The lowest BCUT2D eigenvalue weighted by atomic mass is 9.88. The average molecular weight is 420 g/mol. The molecule has 0 bridgehead atoms. The third-order valence-corrected chi connectivity index (χ3v) is 6.04. The van der Waals surface area contributed by atoms with Crippen molar-refractivity contribution >= 4 is 23.7 Å². The fourth-order valence-electron chi connectivity index (χ4n) is 4.32. The first-order chi connectivity index (χ1) is 14.6. The summed E-state index contributed by atoms with van der Waals surface area (Å²) in [7, 11) is 0. The predicted octanol–water partition coefficient (Wildman–Crippen LogP) is 3.70. The Morgan fingerprint density at radius 1 is 1.00 bits per heavy atom. The summed E-state index contributed by atoms with van der Waals surface area (Å²) in [5.41, 5.74) is 0.222. The van der Waals surface area contributed by atoms with Gasteiger partial charge in [-0.1, -0.05) is 38.5 Å². The Kier molecular flexibility index (Phi) is 8.28. The third kappa shape index (κ3) is 5.83. The van der Waals surface area contributed by atoms with Crippen molar-refractivity contribution in [3.05, 3.63) is 11.8 Å². The molecular formula is C22H33N3O5. The van der Waals surface area contributed by atoms with Crippen LogP contribution in [0.5, 0.6) is 0 Å². The summed E-state index contributed by atoms with van der Waals surface area (Å²) in [5.74, 6) is -0.542. The highest BCUT2D eigenvalue weighted by Gasteiger charge is 2.26. The smallest absolute Gasteiger partial charge is 0.343 e. The van der Waals surface area contributed by atoms with E-state index in [1.54, 1.807) is 6.92 Å². The molecule has 166 valence electrons. The van der Waals surface area contributed by atoms with Crippen molar-refractivity contribution in [1.29, 1.82) is 0 Å². The Hall–Kier alpha value is -2.38. The van der Waals surface area contributed by atoms with Crippen LogP contribution >= 0.6 is 0 Å². The molecule has 1 N–H and O–H groups in total.